The molecule has 0 amide bonds. The van der Waals surface area contributed by atoms with Crippen molar-refractivity contribution in [2.24, 2.45) is 0 Å². The molecule has 2 aromatic carbocycles. The van der Waals surface area contributed by atoms with Crippen LogP contribution in [-0.4, -0.2) is 17.0 Å². The number of benzene rings is 2. The number of hydrogen-bond acceptors (Lipinski definition) is 2. The van der Waals surface area contributed by atoms with E-state index in [0.717, 1.165) is 4.90 Å². The largest absolute Gasteiger partial charge is 0.392 e. The van der Waals surface area contributed by atoms with Crippen molar-refractivity contribution < 1.29 is 9.50 Å². The third-order valence-corrected chi connectivity index (χ3v) is 4.66. The molecular weight excluding hydrogens is 283 g/mol. The minimum Gasteiger partial charge on any atom is -0.392 e. The average Bonchev–Trinajstić information content (AvgIpc) is 2.40. The molecule has 21 heavy (non-hydrogen) atoms. The van der Waals surface area contributed by atoms with Gasteiger partial charge in [-0.2, -0.15) is 0 Å². The highest BCUT2D eigenvalue weighted by molar-refractivity contribution is 7.99. The first-order valence-corrected chi connectivity index (χ1v) is 8.07. The standard InChI is InChI=1S/C18H21FOS/c1-12-7-13(2)18(14(3)8-12)10-16(20)11-21-17-6-4-5-15(19)9-17/h4-9,16,20H,10-11H2,1-3H3. The lowest BCUT2D eigenvalue weighted by atomic mass is 9.96. The van der Waals surface area contributed by atoms with Crippen LogP contribution in [0.25, 0.3) is 0 Å². The van der Waals surface area contributed by atoms with Crippen molar-refractivity contribution in [2.75, 3.05) is 5.75 Å². The first kappa shape index (κ1) is 16.1. The summed E-state index contributed by atoms with van der Waals surface area (Å²) in [5.74, 6) is 0.329. The fourth-order valence-corrected chi connectivity index (χ4v) is 3.45. The van der Waals surface area contributed by atoms with Crippen LogP contribution in [0.3, 0.4) is 0 Å². The average molecular weight is 304 g/mol. The van der Waals surface area contributed by atoms with E-state index in [0.29, 0.717) is 12.2 Å². The van der Waals surface area contributed by atoms with E-state index in [9.17, 15) is 9.50 Å². The zero-order valence-corrected chi connectivity index (χ0v) is 13.5. The van der Waals surface area contributed by atoms with Crippen LogP contribution in [0.4, 0.5) is 4.39 Å². The summed E-state index contributed by atoms with van der Waals surface area (Å²) in [4.78, 5) is 0.853. The van der Waals surface area contributed by atoms with Crippen LogP contribution in [0.5, 0.6) is 0 Å². The third kappa shape index (κ3) is 4.58. The SMILES string of the molecule is Cc1cc(C)c(CC(O)CSc2cccc(F)c2)c(C)c1. The number of thioether (sulfide) groups is 1. The van der Waals surface area contributed by atoms with E-state index in [1.54, 1.807) is 6.07 Å². The molecule has 0 aliphatic rings. The summed E-state index contributed by atoms with van der Waals surface area (Å²) in [5.41, 5.74) is 4.91. The Kier molecular flexibility index (Phi) is 5.43. The highest BCUT2D eigenvalue weighted by atomic mass is 32.2. The van der Waals surface area contributed by atoms with Gasteiger partial charge in [0, 0.05) is 10.6 Å². The number of halogens is 1. The third-order valence-electron chi connectivity index (χ3n) is 3.52. The summed E-state index contributed by atoms with van der Waals surface area (Å²) in [6.07, 6.45) is 0.207. The van der Waals surface area contributed by atoms with Crippen LogP contribution < -0.4 is 0 Å². The van der Waals surface area contributed by atoms with Crippen molar-refractivity contribution in [3.63, 3.8) is 0 Å². The van der Waals surface area contributed by atoms with Crippen LogP contribution in [0.1, 0.15) is 22.3 Å². The minimum absolute atomic E-state index is 0.236. The highest BCUT2D eigenvalue weighted by Gasteiger charge is 2.11. The fraction of sp³-hybridized carbons (Fsp3) is 0.333. The smallest absolute Gasteiger partial charge is 0.124 e. The lowest BCUT2D eigenvalue weighted by Gasteiger charge is -2.15. The van der Waals surface area contributed by atoms with E-state index in [4.69, 9.17) is 0 Å². The second-order valence-electron chi connectivity index (χ2n) is 5.50. The molecule has 1 nitrogen and oxygen atoms in total. The van der Waals surface area contributed by atoms with Gasteiger partial charge in [0.1, 0.15) is 5.82 Å². The van der Waals surface area contributed by atoms with E-state index in [-0.39, 0.29) is 5.82 Å². The molecular formula is C18H21FOS. The molecule has 0 aliphatic carbocycles. The molecule has 1 N–H and O–H groups in total. The molecule has 0 heterocycles. The summed E-state index contributed by atoms with van der Waals surface area (Å²) in [7, 11) is 0. The van der Waals surface area contributed by atoms with Crippen molar-refractivity contribution in [1.29, 1.82) is 0 Å². The second-order valence-corrected chi connectivity index (χ2v) is 6.60. The van der Waals surface area contributed by atoms with E-state index >= 15 is 0 Å². The predicted octanol–water partition coefficient (Wildman–Crippen LogP) is 4.45. The number of aliphatic hydroxyl groups excluding tert-OH is 1. The molecule has 0 fully saturated rings. The summed E-state index contributed by atoms with van der Waals surface area (Å²) in [6.45, 7) is 6.25. The van der Waals surface area contributed by atoms with Gasteiger partial charge in [0.15, 0.2) is 0 Å². The minimum atomic E-state index is -0.432. The van der Waals surface area contributed by atoms with Crippen LogP contribution >= 0.6 is 11.8 Å². The molecule has 0 radical (unpaired) electrons. The number of aryl methyl sites for hydroxylation is 3. The Hall–Kier alpha value is -1.32. The molecule has 0 saturated heterocycles. The first-order valence-electron chi connectivity index (χ1n) is 7.09. The molecule has 2 aromatic rings. The summed E-state index contributed by atoms with van der Waals surface area (Å²) < 4.78 is 13.1. The molecule has 3 heteroatoms. The Labute approximate surface area is 130 Å². The number of aliphatic hydroxyl groups is 1. The van der Waals surface area contributed by atoms with Gasteiger partial charge >= 0.3 is 0 Å². The van der Waals surface area contributed by atoms with Gasteiger partial charge in [0.25, 0.3) is 0 Å². The lowest BCUT2D eigenvalue weighted by Crippen LogP contribution is -2.15. The number of rotatable bonds is 5. The zero-order chi connectivity index (χ0) is 15.4. The molecule has 1 atom stereocenters. The van der Waals surface area contributed by atoms with E-state index in [1.165, 1.54) is 46.1 Å². The summed E-state index contributed by atoms with van der Waals surface area (Å²) >= 11 is 1.49. The highest BCUT2D eigenvalue weighted by Crippen LogP contribution is 2.23. The molecule has 0 aliphatic heterocycles. The molecule has 0 saturated carbocycles. The topological polar surface area (TPSA) is 20.2 Å². The Morgan fingerprint density at radius 2 is 1.76 bits per heavy atom. The van der Waals surface area contributed by atoms with Gasteiger partial charge in [0.05, 0.1) is 6.10 Å². The molecule has 112 valence electrons. The van der Waals surface area contributed by atoms with E-state index < -0.39 is 6.10 Å². The van der Waals surface area contributed by atoms with Crippen molar-refractivity contribution >= 4 is 11.8 Å². The maximum absolute atomic E-state index is 13.1. The van der Waals surface area contributed by atoms with Gasteiger partial charge in [0.2, 0.25) is 0 Å². The fourth-order valence-electron chi connectivity index (χ4n) is 2.58. The quantitative estimate of drug-likeness (QED) is 0.824. The maximum atomic E-state index is 13.1. The number of hydrogen-bond donors (Lipinski definition) is 1. The molecule has 1 unspecified atom stereocenters. The molecule has 0 bridgehead atoms. The lowest BCUT2D eigenvalue weighted by molar-refractivity contribution is 0.199. The monoisotopic (exact) mass is 304 g/mol. The van der Waals surface area contributed by atoms with Crippen LogP contribution in [0.2, 0.25) is 0 Å². The van der Waals surface area contributed by atoms with Crippen molar-refractivity contribution in [1.82, 2.24) is 0 Å². The van der Waals surface area contributed by atoms with Crippen LogP contribution in [0.15, 0.2) is 41.3 Å². The van der Waals surface area contributed by atoms with Gasteiger partial charge < -0.3 is 5.11 Å². The van der Waals surface area contributed by atoms with E-state index in [2.05, 4.69) is 32.9 Å². The van der Waals surface area contributed by atoms with Gasteiger partial charge in [-0.1, -0.05) is 23.8 Å². The van der Waals surface area contributed by atoms with Crippen LogP contribution in [0, 0.1) is 26.6 Å². The first-order chi connectivity index (χ1) is 9.95. The van der Waals surface area contributed by atoms with Gasteiger partial charge in [-0.25, -0.2) is 4.39 Å². The Bertz CT molecular complexity index is 601. The summed E-state index contributed by atoms with van der Waals surface area (Å²) in [5, 5.41) is 10.2. The van der Waals surface area contributed by atoms with Crippen LogP contribution in [-0.2, 0) is 6.42 Å². The Morgan fingerprint density at radius 1 is 1.10 bits per heavy atom. The molecule has 0 aromatic heterocycles. The maximum Gasteiger partial charge on any atom is 0.124 e. The van der Waals surface area contributed by atoms with Crippen molar-refractivity contribution in [2.45, 2.75) is 38.2 Å². The molecule has 0 spiro atoms. The van der Waals surface area contributed by atoms with Crippen molar-refractivity contribution in [3.05, 3.63) is 64.5 Å². The second kappa shape index (κ2) is 7.10. The van der Waals surface area contributed by atoms with Gasteiger partial charge in [-0.3, -0.25) is 0 Å². The van der Waals surface area contributed by atoms with Gasteiger partial charge in [-0.15, -0.1) is 11.8 Å². The Morgan fingerprint density at radius 3 is 2.38 bits per heavy atom. The van der Waals surface area contributed by atoms with E-state index in [1.807, 2.05) is 6.07 Å². The Balaban J connectivity index is 1.97. The summed E-state index contributed by atoms with van der Waals surface area (Å²) in [6, 6.07) is 10.8. The molecule has 2 rings (SSSR count). The van der Waals surface area contributed by atoms with Gasteiger partial charge in [-0.05, 0) is 62.1 Å². The van der Waals surface area contributed by atoms with Crippen molar-refractivity contribution in [3.8, 4) is 0 Å². The zero-order valence-electron chi connectivity index (χ0n) is 12.7. The predicted molar refractivity (Wildman–Crippen MR) is 87.5 cm³/mol. The normalized spacial score (nSPS) is 12.4.